The molecule has 1 saturated carbocycles. The van der Waals surface area contributed by atoms with Crippen LogP contribution in [0.1, 0.15) is 61.4 Å². The number of methoxy groups -OCH3 is 1. The van der Waals surface area contributed by atoms with E-state index in [1.807, 2.05) is 6.07 Å². The molecule has 0 aromatic heterocycles. The molecule has 1 N–H and O–H groups in total. The van der Waals surface area contributed by atoms with E-state index in [1.54, 1.807) is 49.5 Å². The molecule has 1 aliphatic carbocycles. The van der Waals surface area contributed by atoms with Gasteiger partial charge in [-0.25, -0.2) is 0 Å². The molecule has 0 radical (unpaired) electrons. The van der Waals surface area contributed by atoms with Crippen LogP contribution in [0.25, 0.3) is 0 Å². The number of hydrogen-bond donors (Lipinski definition) is 1. The van der Waals surface area contributed by atoms with Gasteiger partial charge in [0.2, 0.25) is 0 Å². The molecule has 34 heavy (non-hydrogen) atoms. The lowest BCUT2D eigenvalue weighted by Gasteiger charge is -2.35. The number of esters is 1. The third-order valence-electron chi connectivity index (χ3n) is 6.22. The monoisotopic (exact) mass is 463 g/mol. The van der Waals surface area contributed by atoms with Crippen LogP contribution in [-0.2, 0) is 14.3 Å². The van der Waals surface area contributed by atoms with Crippen LogP contribution in [0.2, 0.25) is 0 Å². The van der Waals surface area contributed by atoms with Crippen LogP contribution >= 0.6 is 0 Å². The van der Waals surface area contributed by atoms with Gasteiger partial charge < -0.3 is 14.9 Å². The van der Waals surface area contributed by atoms with E-state index in [9.17, 15) is 14.4 Å². The second-order valence-electron chi connectivity index (χ2n) is 8.45. The number of anilines is 2. The minimum absolute atomic E-state index is 0.0314. The summed E-state index contributed by atoms with van der Waals surface area (Å²) in [4.78, 5) is 44.3. The number of nitriles is 1. The van der Waals surface area contributed by atoms with Crippen molar-refractivity contribution in [2.75, 3.05) is 24.5 Å². The summed E-state index contributed by atoms with van der Waals surface area (Å²) >= 11 is 0. The summed E-state index contributed by atoms with van der Waals surface area (Å²) in [6.45, 7) is 1.36. The van der Waals surface area contributed by atoms with Crippen LogP contribution in [0.15, 0.2) is 42.5 Å². The number of ether oxygens (including phenoxy) is 1. The summed E-state index contributed by atoms with van der Waals surface area (Å²) in [5, 5.41) is 13.1. The lowest BCUT2D eigenvalue weighted by Crippen LogP contribution is -2.37. The predicted molar refractivity (Wildman–Crippen MR) is 127 cm³/mol. The lowest BCUT2D eigenvalue weighted by atomic mass is 9.67. The van der Waals surface area contributed by atoms with Gasteiger partial charge in [-0.15, -0.1) is 5.06 Å². The standard InChI is InChI=1S/C26H29N3O5/c1-18(30)29(34-21-10-7-19(17-27)8-11-21)23-15-20(9-12-22(23)28-2)25(32)26(16-24(31)33-3)13-5-4-6-14-26/h7-12,15,28H,4-6,13-14,16H2,1-3H3. The number of benzene rings is 2. The van der Waals surface area contributed by atoms with Gasteiger partial charge in [0.15, 0.2) is 11.5 Å². The number of ketones is 1. The second kappa shape index (κ2) is 10.8. The average Bonchev–Trinajstić information content (AvgIpc) is 2.87. The second-order valence-corrected chi connectivity index (χ2v) is 8.45. The van der Waals surface area contributed by atoms with Crippen molar-refractivity contribution < 1.29 is 24.0 Å². The molecule has 0 atom stereocenters. The Kier molecular flexibility index (Phi) is 7.90. The smallest absolute Gasteiger partial charge is 0.306 e. The molecule has 2 aromatic carbocycles. The number of nitrogens with zero attached hydrogens (tertiary/aromatic N) is 2. The molecule has 8 nitrogen and oxygen atoms in total. The van der Waals surface area contributed by atoms with Crippen molar-refractivity contribution in [2.45, 2.75) is 45.4 Å². The number of carbonyl (C=O) groups is 3. The van der Waals surface area contributed by atoms with Crippen molar-refractivity contribution in [3.63, 3.8) is 0 Å². The van der Waals surface area contributed by atoms with E-state index >= 15 is 0 Å². The van der Waals surface area contributed by atoms with E-state index in [1.165, 1.54) is 14.0 Å². The number of amides is 1. The molecule has 1 aliphatic rings. The Balaban J connectivity index is 1.99. The Morgan fingerprint density at radius 2 is 1.76 bits per heavy atom. The van der Waals surface area contributed by atoms with Crippen molar-refractivity contribution in [1.82, 2.24) is 0 Å². The number of nitrogens with one attached hydrogen (secondary N) is 1. The molecule has 2 aromatic rings. The third-order valence-corrected chi connectivity index (χ3v) is 6.22. The highest BCUT2D eigenvalue weighted by molar-refractivity contribution is 6.05. The SMILES string of the molecule is CNc1ccc(C(=O)C2(CC(=O)OC)CCCCC2)cc1N(Oc1ccc(C#N)cc1)C(C)=O. The Morgan fingerprint density at radius 1 is 1.09 bits per heavy atom. The number of hydroxylamine groups is 1. The first-order valence-electron chi connectivity index (χ1n) is 11.3. The normalized spacial score (nSPS) is 14.4. The minimum Gasteiger partial charge on any atom is -0.469 e. The molecule has 8 heteroatoms. The van der Waals surface area contributed by atoms with Gasteiger partial charge in [-0.05, 0) is 55.3 Å². The van der Waals surface area contributed by atoms with Crippen LogP contribution in [0.3, 0.4) is 0 Å². The Hall–Kier alpha value is -3.86. The molecule has 178 valence electrons. The van der Waals surface area contributed by atoms with Gasteiger partial charge >= 0.3 is 5.97 Å². The maximum atomic E-state index is 13.7. The van der Waals surface area contributed by atoms with E-state index < -0.39 is 17.3 Å². The molecular weight excluding hydrogens is 434 g/mol. The van der Waals surface area contributed by atoms with Crippen LogP contribution in [0.5, 0.6) is 5.75 Å². The first kappa shape index (κ1) is 24.8. The first-order valence-corrected chi connectivity index (χ1v) is 11.3. The van der Waals surface area contributed by atoms with E-state index in [2.05, 4.69) is 5.32 Å². The van der Waals surface area contributed by atoms with Crippen molar-refractivity contribution in [2.24, 2.45) is 5.41 Å². The summed E-state index contributed by atoms with van der Waals surface area (Å²) in [7, 11) is 3.04. The van der Waals surface area contributed by atoms with E-state index in [-0.39, 0.29) is 12.2 Å². The highest BCUT2D eigenvalue weighted by Crippen LogP contribution is 2.43. The molecule has 1 fully saturated rings. The molecule has 3 rings (SSSR count). The Labute approximate surface area is 199 Å². The van der Waals surface area contributed by atoms with E-state index in [0.717, 1.165) is 24.3 Å². The van der Waals surface area contributed by atoms with Crippen molar-refractivity contribution in [3.05, 3.63) is 53.6 Å². The summed E-state index contributed by atoms with van der Waals surface area (Å²) < 4.78 is 4.88. The fourth-order valence-electron chi connectivity index (χ4n) is 4.40. The molecule has 0 unspecified atom stereocenters. The Morgan fingerprint density at radius 3 is 2.32 bits per heavy atom. The van der Waals surface area contributed by atoms with Crippen LogP contribution in [-0.4, -0.2) is 31.8 Å². The lowest BCUT2D eigenvalue weighted by molar-refractivity contribution is -0.143. The fraction of sp³-hybridized carbons (Fsp3) is 0.385. The molecule has 1 amide bonds. The molecule has 0 saturated heterocycles. The summed E-state index contributed by atoms with van der Waals surface area (Å²) in [5.74, 6) is -0.574. The Bertz CT molecular complexity index is 1100. The molecule has 0 aliphatic heterocycles. The summed E-state index contributed by atoms with van der Waals surface area (Å²) in [6, 6.07) is 13.4. The van der Waals surface area contributed by atoms with Gasteiger partial charge in [-0.1, -0.05) is 19.3 Å². The highest BCUT2D eigenvalue weighted by atomic mass is 16.7. The maximum Gasteiger partial charge on any atom is 0.306 e. The summed E-state index contributed by atoms with van der Waals surface area (Å²) in [5.41, 5.74) is 1.00. The highest BCUT2D eigenvalue weighted by Gasteiger charge is 2.42. The predicted octanol–water partition coefficient (Wildman–Crippen LogP) is 4.64. The fourth-order valence-corrected chi connectivity index (χ4v) is 4.40. The van der Waals surface area contributed by atoms with Crippen molar-refractivity contribution >= 4 is 29.0 Å². The van der Waals surface area contributed by atoms with E-state index in [4.69, 9.17) is 14.8 Å². The van der Waals surface area contributed by atoms with Gasteiger partial charge in [0.05, 0.1) is 30.9 Å². The number of Topliss-reactive ketones (excluding diaryl/α,β-unsaturated/α-hetero) is 1. The maximum absolute atomic E-state index is 13.7. The van der Waals surface area contributed by atoms with Gasteiger partial charge in [0.25, 0.3) is 5.91 Å². The zero-order valence-corrected chi connectivity index (χ0v) is 19.7. The third kappa shape index (κ3) is 5.37. The minimum atomic E-state index is -0.821. The van der Waals surface area contributed by atoms with Crippen LogP contribution in [0, 0.1) is 16.7 Å². The molecule has 0 spiro atoms. The topological polar surface area (TPSA) is 109 Å². The van der Waals surface area contributed by atoms with Crippen molar-refractivity contribution in [1.29, 1.82) is 5.26 Å². The molecule has 0 heterocycles. The van der Waals surface area contributed by atoms with Crippen molar-refractivity contribution in [3.8, 4) is 11.8 Å². The zero-order valence-electron chi connectivity index (χ0n) is 19.7. The average molecular weight is 464 g/mol. The zero-order chi connectivity index (χ0) is 24.7. The van der Waals surface area contributed by atoms with E-state index in [0.29, 0.717) is 41.1 Å². The summed E-state index contributed by atoms with van der Waals surface area (Å²) in [6.07, 6.45) is 4.02. The quantitative estimate of drug-likeness (QED) is 0.345. The van der Waals surface area contributed by atoms with Gasteiger partial charge in [-0.2, -0.15) is 5.26 Å². The van der Waals surface area contributed by atoms with Gasteiger partial charge in [0, 0.05) is 24.9 Å². The molecule has 0 bridgehead atoms. The van der Waals surface area contributed by atoms with Gasteiger partial charge in [-0.3, -0.25) is 14.4 Å². The molecular formula is C26H29N3O5. The van der Waals surface area contributed by atoms with Gasteiger partial charge in [0.1, 0.15) is 5.69 Å². The first-order chi connectivity index (χ1) is 16.3. The van der Waals surface area contributed by atoms with Crippen LogP contribution in [0.4, 0.5) is 11.4 Å². The van der Waals surface area contributed by atoms with Crippen LogP contribution < -0.4 is 15.2 Å². The number of hydrogen-bond acceptors (Lipinski definition) is 7. The number of rotatable bonds is 8. The number of carbonyl (C=O) groups excluding carboxylic acids is 3. The largest absolute Gasteiger partial charge is 0.469 e.